The van der Waals surface area contributed by atoms with E-state index in [0.29, 0.717) is 36.7 Å². The van der Waals surface area contributed by atoms with Crippen LogP contribution in [0.2, 0.25) is 0 Å². The first-order valence-corrected chi connectivity index (χ1v) is 12.6. The van der Waals surface area contributed by atoms with E-state index in [0.717, 1.165) is 22.1 Å². The SMILES string of the molecule is C[C@H]1CO[C@H](CCc2c(F)cccc2NC(=O)C[C@H](c2ccc(F)cc2)c2ccc(Br)cc2)CN1. The minimum atomic E-state index is -0.345. The molecule has 0 radical (unpaired) electrons. The quantitative estimate of drug-likeness (QED) is 0.356. The molecule has 0 aliphatic carbocycles. The fraction of sp³-hybridized carbons (Fsp3) is 0.321. The highest BCUT2D eigenvalue weighted by Crippen LogP contribution is 2.30. The molecule has 1 fully saturated rings. The van der Waals surface area contributed by atoms with Crippen molar-refractivity contribution in [1.82, 2.24) is 5.32 Å². The highest BCUT2D eigenvalue weighted by atomic mass is 79.9. The first kappa shape index (κ1) is 25.5. The van der Waals surface area contributed by atoms with Crippen LogP contribution in [0.25, 0.3) is 0 Å². The number of morpholine rings is 1. The van der Waals surface area contributed by atoms with Crippen LogP contribution in [0.1, 0.15) is 42.4 Å². The lowest BCUT2D eigenvalue weighted by molar-refractivity contribution is -0.116. The summed E-state index contributed by atoms with van der Waals surface area (Å²) in [4.78, 5) is 13.2. The van der Waals surface area contributed by atoms with Crippen LogP contribution >= 0.6 is 15.9 Å². The fourth-order valence-corrected chi connectivity index (χ4v) is 4.62. The molecular weight excluding hydrogens is 514 g/mol. The summed E-state index contributed by atoms with van der Waals surface area (Å²) in [5.74, 6) is -1.19. The lowest BCUT2D eigenvalue weighted by atomic mass is 9.88. The topological polar surface area (TPSA) is 50.4 Å². The van der Waals surface area contributed by atoms with Gasteiger partial charge in [0.2, 0.25) is 5.91 Å². The monoisotopic (exact) mass is 542 g/mol. The van der Waals surface area contributed by atoms with Crippen molar-refractivity contribution >= 4 is 27.5 Å². The number of halogens is 3. The number of benzene rings is 3. The average molecular weight is 543 g/mol. The summed E-state index contributed by atoms with van der Waals surface area (Å²) >= 11 is 3.44. The molecule has 7 heteroatoms. The molecule has 1 aliphatic rings. The minimum absolute atomic E-state index is 0.00891. The van der Waals surface area contributed by atoms with Crippen LogP contribution in [0.15, 0.2) is 71.2 Å². The van der Waals surface area contributed by atoms with E-state index in [1.54, 1.807) is 24.3 Å². The predicted octanol–water partition coefficient (Wildman–Crippen LogP) is 6.20. The van der Waals surface area contributed by atoms with Gasteiger partial charge in [0, 0.05) is 40.6 Å². The molecule has 1 heterocycles. The van der Waals surface area contributed by atoms with E-state index in [-0.39, 0.29) is 36.0 Å². The van der Waals surface area contributed by atoms with Crippen molar-refractivity contribution in [3.63, 3.8) is 0 Å². The standard InChI is InChI=1S/C28H29BrF2N2O2/c1-18-17-35-23(16-32-18)13-14-24-26(31)3-2-4-27(24)33-28(34)15-25(19-5-9-21(29)10-6-19)20-7-11-22(30)12-8-20/h2-12,18,23,25,32H,13-17H2,1H3,(H,33,34)/t18-,23+,25-/m0/s1. The molecule has 0 aromatic heterocycles. The van der Waals surface area contributed by atoms with Crippen molar-refractivity contribution < 1.29 is 18.3 Å². The number of anilines is 1. The van der Waals surface area contributed by atoms with E-state index >= 15 is 0 Å². The van der Waals surface area contributed by atoms with E-state index in [1.807, 2.05) is 24.3 Å². The van der Waals surface area contributed by atoms with Gasteiger partial charge in [-0.2, -0.15) is 0 Å². The lowest BCUT2D eigenvalue weighted by Crippen LogP contribution is -2.44. The molecule has 1 saturated heterocycles. The van der Waals surface area contributed by atoms with Gasteiger partial charge in [-0.25, -0.2) is 8.78 Å². The third-order valence-corrected chi connectivity index (χ3v) is 6.85. The Labute approximate surface area is 213 Å². The zero-order chi connectivity index (χ0) is 24.8. The zero-order valence-electron chi connectivity index (χ0n) is 19.6. The Hall–Kier alpha value is -2.61. The molecule has 0 saturated carbocycles. The molecule has 1 aliphatic heterocycles. The van der Waals surface area contributed by atoms with Crippen LogP contribution in [-0.2, 0) is 16.0 Å². The molecule has 0 spiro atoms. The van der Waals surface area contributed by atoms with Crippen molar-refractivity contribution in [1.29, 1.82) is 0 Å². The van der Waals surface area contributed by atoms with Gasteiger partial charge in [0.25, 0.3) is 0 Å². The number of hydrogen-bond acceptors (Lipinski definition) is 3. The second kappa shape index (κ2) is 11.9. The first-order chi connectivity index (χ1) is 16.9. The molecule has 3 aromatic carbocycles. The van der Waals surface area contributed by atoms with Crippen LogP contribution in [0.3, 0.4) is 0 Å². The van der Waals surface area contributed by atoms with Gasteiger partial charge in [-0.1, -0.05) is 46.3 Å². The zero-order valence-corrected chi connectivity index (χ0v) is 21.2. The molecule has 2 N–H and O–H groups in total. The molecular formula is C28H29BrF2N2O2. The van der Waals surface area contributed by atoms with Gasteiger partial charge < -0.3 is 15.4 Å². The van der Waals surface area contributed by atoms with Gasteiger partial charge in [-0.15, -0.1) is 0 Å². The summed E-state index contributed by atoms with van der Waals surface area (Å²) in [5.41, 5.74) is 2.72. The number of nitrogens with one attached hydrogen (secondary N) is 2. The van der Waals surface area contributed by atoms with Gasteiger partial charge in [0.15, 0.2) is 0 Å². The summed E-state index contributed by atoms with van der Waals surface area (Å²) in [6, 6.07) is 18.9. The van der Waals surface area contributed by atoms with E-state index < -0.39 is 0 Å². The Morgan fingerprint density at radius 3 is 2.43 bits per heavy atom. The Kier molecular flexibility index (Phi) is 8.65. The Morgan fingerprint density at radius 2 is 1.77 bits per heavy atom. The Balaban J connectivity index is 1.49. The average Bonchev–Trinajstić information content (AvgIpc) is 2.84. The van der Waals surface area contributed by atoms with Crippen LogP contribution in [0, 0.1) is 11.6 Å². The van der Waals surface area contributed by atoms with E-state index in [1.165, 1.54) is 18.2 Å². The Morgan fingerprint density at radius 1 is 1.09 bits per heavy atom. The number of carbonyl (C=O) groups excluding carboxylic acids is 1. The maximum absolute atomic E-state index is 14.7. The second-order valence-electron chi connectivity index (χ2n) is 8.98. The molecule has 1 amide bonds. The number of rotatable bonds is 8. The fourth-order valence-electron chi connectivity index (χ4n) is 4.36. The smallest absolute Gasteiger partial charge is 0.225 e. The minimum Gasteiger partial charge on any atom is -0.375 e. The second-order valence-corrected chi connectivity index (χ2v) is 9.89. The summed E-state index contributed by atoms with van der Waals surface area (Å²) in [6.45, 7) is 3.42. The van der Waals surface area contributed by atoms with Gasteiger partial charge in [0.05, 0.1) is 12.7 Å². The molecule has 3 atom stereocenters. The molecule has 4 rings (SSSR count). The summed E-state index contributed by atoms with van der Waals surface area (Å²) < 4.78 is 35.0. The Bertz CT molecular complexity index is 1090. The highest BCUT2D eigenvalue weighted by Gasteiger charge is 2.22. The number of ether oxygens (including phenoxy) is 1. The molecule has 35 heavy (non-hydrogen) atoms. The summed E-state index contributed by atoms with van der Waals surface area (Å²) in [6.07, 6.45) is 1.25. The van der Waals surface area contributed by atoms with Gasteiger partial charge >= 0.3 is 0 Å². The van der Waals surface area contributed by atoms with Gasteiger partial charge in [0.1, 0.15) is 11.6 Å². The maximum atomic E-state index is 14.7. The van der Waals surface area contributed by atoms with E-state index in [2.05, 4.69) is 33.5 Å². The molecule has 4 nitrogen and oxygen atoms in total. The molecule has 0 unspecified atom stereocenters. The number of amides is 1. The van der Waals surface area contributed by atoms with Gasteiger partial charge in [-0.3, -0.25) is 4.79 Å². The maximum Gasteiger partial charge on any atom is 0.225 e. The largest absolute Gasteiger partial charge is 0.375 e. The summed E-state index contributed by atoms with van der Waals surface area (Å²) in [7, 11) is 0. The third kappa shape index (κ3) is 6.97. The third-order valence-electron chi connectivity index (χ3n) is 6.32. The number of hydrogen-bond donors (Lipinski definition) is 2. The molecule has 184 valence electrons. The molecule has 3 aromatic rings. The molecule has 0 bridgehead atoms. The first-order valence-electron chi connectivity index (χ1n) is 11.8. The highest BCUT2D eigenvalue weighted by molar-refractivity contribution is 9.10. The predicted molar refractivity (Wildman–Crippen MR) is 138 cm³/mol. The van der Waals surface area contributed by atoms with Crippen LogP contribution in [-0.4, -0.2) is 31.2 Å². The van der Waals surface area contributed by atoms with Crippen molar-refractivity contribution in [3.05, 3.63) is 99.5 Å². The van der Waals surface area contributed by atoms with Crippen LogP contribution in [0.5, 0.6) is 0 Å². The van der Waals surface area contributed by atoms with Crippen molar-refractivity contribution in [2.45, 2.75) is 44.2 Å². The van der Waals surface area contributed by atoms with E-state index in [4.69, 9.17) is 4.74 Å². The van der Waals surface area contributed by atoms with Crippen molar-refractivity contribution in [3.8, 4) is 0 Å². The van der Waals surface area contributed by atoms with Crippen LogP contribution < -0.4 is 10.6 Å². The van der Waals surface area contributed by atoms with Gasteiger partial charge in [-0.05, 0) is 67.3 Å². The van der Waals surface area contributed by atoms with E-state index in [9.17, 15) is 13.6 Å². The normalized spacial score (nSPS) is 18.7. The lowest BCUT2D eigenvalue weighted by Gasteiger charge is -2.28. The summed E-state index contributed by atoms with van der Waals surface area (Å²) in [5, 5.41) is 6.29. The number of carbonyl (C=O) groups is 1. The van der Waals surface area contributed by atoms with Crippen LogP contribution in [0.4, 0.5) is 14.5 Å². The van der Waals surface area contributed by atoms with Crippen molar-refractivity contribution in [2.24, 2.45) is 0 Å². The van der Waals surface area contributed by atoms with Crippen molar-refractivity contribution in [2.75, 3.05) is 18.5 Å².